The van der Waals surface area contributed by atoms with E-state index >= 15 is 0 Å². The summed E-state index contributed by atoms with van der Waals surface area (Å²) >= 11 is 0. The Morgan fingerprint density at radius 3 is 3.09 bits per heavy atom. The second-order valence-electron chi connectivity index (χ2n) is 2.81. The fourth-order valence-electron chi connectivity index (χ4n) is 1.46. The second kappa shape index (κ2) is 2.12. The third-order valence-corrected chi connectivity index (χ3v) is 2.01. The number of aliphatic hydroxyl groups is 1. The smallest absolute Gasteiger partial charge is 0.229 e. The van der Waals surface area contributed by atoms with Gasteiger partial charge in [0, 0.05) is 17.7 Å². The molecule has 3 heteroatoms. The first-order valence-electron chi connectivity index (χ1n) is 3.69. The molecule has 1 saturated heterocycles. The van der Waals surface area contributed by atoms with E-state index < -0.39 is 0 Å². The molecule has 0 aromatic carbocycles. The summed E-state index contributed by atoms with van der Waals surface area (Å²) in [4.78, 5) is 10.9. The quantitative estimate of drug-likeness (QED) is 0.542. The maximum atomic E-state index is 10.9. The van der Waals surface area contributed by atoms with Crippen molar-refractivity contribution in [2.24, 2.45) is 0 Å². The Morgan fingerprint density at radius 1 is 1.55 bits per heavy atom. The van der Waals surface area contributed by atoms with Crippen LogP contribution in [0.5, 0.6) is 0 Å². The van der Waals surface area contributed by atoms with Crippen LogP contribution in [0.3, 0.4) is 0 Å². The van der Waals surface area contributed by atoms with Crippen molar-refractivity contribution in [2.75, 3.05) is 0 Å². The van der Waals surface area contributed by atoms with Crippen LogP contribution in [0.1, 0.15) is 19.3 Å². The summed E-state index contributed by atoms with van der Waals surface area (Å²) in [5, 5.41) is 12.0. The standard InChI is InChI=1S/C8H9NO2/c10-7-3-1-2-6-5(7)4-8(11)9-6/h2,10H,1,3-4H2,(H,9,11). The number of amides is 1. The number of carbonyl (C=O) groups excluding carboxylic acids is 1. The van der Waals surface area contributed by atoms with Crippen molar-refractivity contribution >= 4 is 5.91 Å². The van der Waals surface area contributed by atoms with Gasteiger partial charge in [0.2, 0.25) is 5.91 Å². The molecule has 0 aromatic heterocycles. The maximum absolute atomic E-state index is 10.9. The average Bonchev–Trinajstić information content (AvgIpc) is 2.31. The van der Waals surface area contributed by atoms with Crippen molar-refractivity contribution in [3.63, 3.8) is 0 Å². The molecule has 0 aromatic rings. The number of nitrogens with one attached hydrogen (secondary N) is 1. The van der Waals surface area contributed by atoms with Crippen molar-refractivity contribution in [3.05, 3.63) is 23.1 Å². The first-order valence-corrected chi connectivity index (χ1v) is 3.69. The van der Waals surface area contributed by atoms with Crippen LogP contribution in [-0.2, 0) is 4.79 Å². The number of hydrogen-bond donors (Lipinski definition) is 2. The zero-order chi connectivity index (χ0) is 7.84. The molecular weight excluding hydrogens is 142 g/mol. The van der Waals surface area contributed by atoms with E-state index in [0.29, 0.717) is 18.6 Å². The molecule has 2 N–H and O–H groups in total. The third kappa shape index (κ3) is 0.926. The van der Waals surface area contributed by atoms with Crippen LogP contribution in [0.2, 0.25) is 0 Å². The minimum absolute atomic E-state index is 0.0142. The number of rotatable bonds is 0. The zero-order valence-electron chi connectivity index (χ0n) is 6.05. The van der Waals surface area contributed by atoms with Crippen LogP contribution in [0, 0.1) is 0 Å². The molecule has 11 heavy (non-hydrogen) atoms. The molecule has 1 aliphatic heterocycles. The van der Waals surface area contributed by atoms with Gasteiger partial charge in [0.25, 0.3) is 0 Å². The largest absolute Gasteiger partial charge is 0.512 e. The molecule has 1 heterocycles. The summed E-state index contributed by atoms with van der Waals surface area (Å²) in [6.45, 7) is 0. The molecule has 1 amide bonds. The average molecular weight is 151 g/mol. The van der Waals surface area contributed by atoms with E-state index in [2.05, 4.69) is 5.32 Å². The molecule has 1 aliphatic carbocycles. The van der Waals surface area contributed by atoms with Crippen molar-refractivity contribution in [1.82, 2.24) is 5.32 Å². The van der Waals surface area contributed by atoms with Crippen molar-refractivity contribution in [2.45, 2.75) is 19.3 Å². The van der Waals surface area contributed by atoms with Crippen LogP contribution in [0.4, 0.5) is 0 Å². The molecular formula is C8H9NO2. The minimum Gasteiger partial charge on any atom is -0.512 e. The van der Waals surface area contributed by atoms with Gasteiger partial charge in [0.05, 0.1) is 12.2 Å². The minimum atomic E-state index is -0.0142. The van der Waals surface area contributed by atoms with E-state index in [1.807, 2.05) is 6.08 Å². The normalized spacial score (nSPS) is 22.9. The van der Waals surface area contributed by atoms with Crippen LogP contribution < -0.4 is 5.32 Å². The van der Waals surface area contributed by atoms with Gasteiger partial charge in [0.15, 0.2) is 0 Å². The first kappa shape index (κ1) is 6.46. The summed E-state index contributed by atoms with van der Waals surface area (Å²) in [7, 11) is 0. The Hall–Kier alpha value is -1.25. The Kier molecular flexibility index (Phi) is 1.24. The number of carbonyl (C=O) groups is 1. The molecule has 0 unspecified atom stereocenters. The predicted octanol–water partition coefficient (Wildman–Crippen LogP) is 0.996. The first-order chi connectivity index (χ1) is 5.27. The van der Waals surface area contributed by atoms with E-state index in [9.17, 15) is 9.90 Å². The van der Waals surface area contributed by atoms with Crippen molar-refractivity contribution in [1.29, 1.82) is 0 Å². The van der Waals surface area contributed by atoms with Gasteiger partial charge in [-0.25, -0.2) is 0 Å². The summed E-state index contributed by atoms with van der Waals surface area (Å²) < 4.78 is 0. The van der Waals surface area contributed by atoms with Crippen molar-refractivity contribution in [3.8, 4) is 0 Å². The maximum Gasteiger partial charge on any atom is 0.229 e. The molecule has 0 radical (unpaired) electrons. The van der Waals surface area contributed by atoms with Gasteiger partial charge in [0.1, 0.15) is 0 Å². The van der Waals surface area contributed by atoms with Gasteiger partial charge in [-0.15, -0.1) is 0 Å². The SMILES string of the molecule is O=C1CC2=C(O)CCC=C2N1. The highest BCUT2D eigenvalue weighted by Crippen LogP contribution is 2.28. The molecule has 2 rings (SSSR count). The summed E-state index contributed by atoms with van der Waals surface area (Å²) in [5.74, 6) is 0.362. The monoisotopic (exact) mass is 151 g/mol. The summed E-state index contributed by atoms with van der Waals surface area (Å²) in [5.41, 5.74) is 1.61. The molecule has 2 aliphatic rings. The number of hydrogen-bond acceptors (Lipinski definition) is 2. The Bertz CT molecular complexity index is 276. The Balaban J connectivity index is 2.41. The topological polar surface area (TPSA) is 49.3 Å². The predicted molar refractivity (Wildman–Crippen MR) is 39.7 cm³/mol. The zero-order valence-corrected chi connectivity index (χ0v) is 6.05. The van der Waals surface area contributed by atoms with Gasteiger partial charge in [-0.3, -0.25) is 4.79 Å². The van der Waals surface area contributed by atoms with Gasteiger partial charge in [-0.05, 0) is 6.42 Å². The highest BCUT2D eigenvalue weighted by atomic mass is 16.3. The fourth-order valence-corrected chi connectivity index (χ4v) is 1.46. The van der Waals surface area contributed by atoms with E-state index in [4.69, 9.17) is 0 Å². The van der Waals surface area contributed by atoms with Crippen LogP contribution in [0.25, 0.3) is 0 Å². The lowest BCUT2D eigenvalue weighted by Gasteiger charge is -2.09. The van der Waals surface area contributed by atoms with Crippen LogP contribution >= 0.6 is 0 Å². The number of aliphatic hydroxyl groups excluding tert-OH is 1. The Labute approximate surface area is 64.4 Å². The third-order valence-electron chi connectivity index (χ3n) is 2.01. The van der Waals surface area contributed by atoms with Gasteiger partial charge in [-0.1, -0.05) is 6.08 Å². The summed E-state index contributed by atoms with van der Waals surface area (Å²) in [6, 6.07) is 0. The number of allylic oxidation sites excluding steroid dienone is 3. The van der Waals surface area contributed by atoms with Gasteiger partial charge in [-0.2, -0.15) is 0 Å². The lowest BCUT2D eigenvalue weighted by atomic mass is 10.0. The molecule has 1 fully saturated rings. The highest BCUT2D eigenvalue weighted by molar-refractivity contribution is 5.87. The molecule has 3 nitrogen and oxygen atoms in total. The van der Waals surface area contributed by atoms with E-state index in [1.165, 1.54) is 0 Å². The van der Waals surface area contributed by atoms with Crippen molar-refractivity contribution < 1.29 is 9.90 Å². The lowest BCUT2D eigenvalue weighted by molar-refractivity contribution is -0.118. The fraction of sp³-hybridized carbons (Fsp3) is 0.375. The number of fused-ring (bicyclic) bond motifs is 1. The summed E-state index contributed by atoms with van der Waals surface area (Å²) in [6.07, 6.45) is 3.80. The Morgan fingerprint density at radius 2 is 2.36 bits per heavy atom. The van der Waals surface area contributed by atoms with E-state index in [0.717, 1.165) is 17.7 Å². The second-order valence-corrected chi connectivity index (χ2v) is 2.81. The van der Waals surface area contributed by atoms with Gasteiger partial charge >= 0.3 is 0 Å². The van der Waals surface area contributed by atoms with E-state index in [-0.39, 0.29) is 5.91 Å². The molecule has 0 atom stereocenters. The molecule has 0 spiro atoms. The van der Waals surface area contributed by atoms with E-state index in [1.54, 1.807) is 0 Å². The molecule has 58 valence electrons. The highest BCUT2D eigenvalue weighted by Gasteiger charge is 2.25. The van der Waals surface area contributed by atoms with Crippen LogP contribution in [0.15, 0.2) is 23.1 Å². The lowest BCUT2D eigenvalue weighted by Crippen LogP contribution is -2.12. The molecule has 0 saturated carbocycles. The molecule has 0 bridgehead atoms. The van der Waals surface area contributed by atoms with Crippen LogP contribution in [-0.4, -0.2) is 11.0 Å². The van der Waals surface area contributed by atoms with Gasteiger partial charge < -0.3 is 10.4 Å².